The highest BCUT2D eigenvalue weighted by Crippen LogP contribution is 2.26. The fourth-order valence-corrected chi connectivity index (χ4v) is 3.43. The van der Waals surface area contributed by atoms with Crippen LogP contribution < -0.4 is 4.90 Å². The first-order valence-electron chi connectivity index (χ1n) is 6.84. The third-order valence-corrected chi connectivity index (χ3v) is 4.54. The standard InChI is InChI=1S/C15H17ClN4S/c1-4-11-12(8-17)15(19-18-13(11)5-2)20(3)9-10-6-7-14(16)21-10/h6-7H,4-5,9H2,1-3H3. The van der Waals surface area contributed by atoms with Gasteiger partial charge < -0.3 is 4.90 Å². The summed E-state index contributed by atoms with van der Waals surface area (Å²) >= 11 is 7.49. The molecule has 0 bridgehead atoms. The maximum atomic E-state index is 9.51. The number of anilines is 1. The van der Waals surface area contributed by atoms with Crippen LogP contribution in [-0.2, 0) is 19.4 Å². The van der Waals surface area contributed by atoms with Gasteiger partial charge in [-0.2, -0.15) is 10.4 Å². The first kappa shape index (κ1) is 15.7. The van der Waals surface area contributed by atoms with E-state index in [4.69, 9.17) is 11.6 Å². The van der Waals surface area contributed by atoms with Crippen molar-refractivity contribution in [3.05, 3.63) is 38.2 Å². The Hall–Kier alpha value is -1.64. The highest BCUT2D eigenvalue weighted by Gasteiger charge is 2.17. The SMILES string of the molecule is CCc1nnc(N(C)Cc2ccc(Cl)s2)c(C#N)c1CC. The Balaban J connectivity index is 2.37. The van der Waals surface area contributed by atoms with E-state index < -0.39 is 0 Å². The average Bonchev–Trinajstić information content (AvgIpc) is 2.90. The van der Waals surface area contributed by atoms with Crippen molar-refractivity contribution in [3.8, 4) is 6.07 Å². The van der Waals surface area contributed by atoms with Gasteiger partial charge in [-0.3, -0.25) is 0 Å². The van der Waals surface area contributed by atoms with E-state index >= 15 is 0 Å². The Kier molecular flexibility index (Phi) is 5.16. The van der Waals surface area contributed by atoms with Crippen LogP contribution in [-0.4, -0.2) is 17.2 Å². The summed E-state index contributed by atoms with van der Waals surface area (Å²) in [6, 6.07) is 6.16. The molecule has 2 aromatic rings. The summed E-state index contributed by atoms with van der Waals surface area (Å²) < 4.78 is 0.764. The lowest BCUT2D eigenvalue weighted by Crippen LogP contribution is -2.20. The summed E-state index contributed by atoms with van der Waals surface area (Å²) in [5.41, 5.74) is 2.54. The van der Waals surface area contributed by atoms with Crippen LogP contribution in [0.2, 0.25) is 4.34 Å². The second kappa shape index (κ2) is 6.88. The van der Waals surface area contributed by atoms with Crippen LogP contribution >= 0.6 is 22.9 Å². The minimum atomic E-state index is 0.634. The Morgan fingerprint density at radius 1 is 1.29 bits per heavy atom. The quantitative estimate of drug-likeness (QED) is 0.840. The van der Waals surface area contributed by atoms with Gasteiger partial charge in [-0.05, 0) is 30.5 Å². The van der Waals surface area contributed by atoms with Crippen LogP contribution in [0.3, 0.4) is 0 Å². The Morgan fingerprint density at radius 3 is 2.57 bits per heavy atom. The molecule has 110 valence electrons. The molecular formula is C15H17ClN4S. The van der Waals surface area contributed by atoms with Gasteiger partial charge in [-0.25, -0.2) is 0 Å². The molecule has 0 aliphatic heterocycles. The van der Waals surface area contributed by atoms with E-state index in [1.165, 1.54) is 11.3 Å². The van der Waals surface area contributed by atoms with Gasteiger partial charge in [-0.1, -0.05) is 25.4 Å². The Bertz CT molecular complexity index is 675. The van der Waals surface area contributed by atoms with E-state index in [0.717, 1.165) is 33.3 Å². The third-order valence-electron chi connectivity index (χ3n) is 3.32. The predicted octanol–water partition coefficient (Wildman–Crippen LogP) is 3.82. The lowest BCUT2D eigenvalue weighted by atomic mass is 10.0. The molecule has 0 amide bonds. The molecule has 0 aromatic carbocycles. The number of nitrogens with zero attached hydrogens (tertiary/aromatic N) is 4. The van der Waals surface area contributed by atoms with Gasteiger partial charge in [0.2, 0.25) is 0 Å². The summed E-state index contributed by atoms with van der Waals surface area (Å²) in [7, 11) is 1.92. The van der Waals surface area contributed by atoms with Gasteiger partial charge in [0.25, 0.3) is 0 Å². The van der Waals surface area contributed by atoms with Gasteiger partial charge in [0.05, 0.1) is 16.6 Å². The molecule has 0 unspecified atom stereocenters. The maximum absolute atomic E-state index is 9.51. The second-order valence-electron chi connectivity index (χ2n) is 4.70. The molecule has 6 heteroatoms. The van der Waals surface area contributed by atoms with E-state index in [1.54, 1.807) is 0 Å². The number of aryl methyl sites for hydroxylation is 1. The second-order valence-corrected chi connectivity index (χ2v) is 6.50. The Labute approximate surface area is 134 Å². The molecule has 0 aliphatic rings. The average molecular weight is 321 g/mol. The molecular weight excluding hydrogens is 304 g/mol. The minimum absolute atomic E-state index is 0.634. The van der Waals surface area contributed by atoms with E-state index in [0.29, 0.717) is 17.9 Å². The van der Waals surface area contributed by atoms with Gasteiger partial charge in [-0.15, -0.1) is 16.4 Å². The molecule has 0 fully saturated rings. The minimum Gasteiger partial charge on any atom is -0.352 e. The first-order valence-corrected chi connectivity index (χ1v) is 8.04. The van der Waals surface area contributed by atoms with Crippen LogP contribution in [0.5, 0.6) is 0 Å². The van der Waals surface area contributed by atoms with Gasteiger partial charge >= 0.3 is 0 Å². The predicted molar refractivity (Wildman–Crippen MR) is 86.9 cm³/mol. The van der Waals surface area contributed by atoms with E-state index in [2.05, 4.69) is 16.3 Å². The smallest absolute Gasteiger partial charge is 0.169 e. The zero-order valence-corrected chi connectivity index (χ0v) is 13.9. The topological polar surface area (TPSA) is 52.8 Å². The molecule has 0 N–H and O–H groups in total. The molecule has 0 spiro atoms. The van der Waals surface area contributed by atoms with Crippen molar-refractivity contribution in [3.63, 3.8) is 0 Å². The molecule has 2 rings (SSSR count). The van der Waals surface area contributed by atoms with Gasteiger partial charge in [0, 0.05) is 11.9 Å². The highest BCUT2D eigenvalue weighted by molar-refractivity contribution is 7.16. The number of hydrogen-bond donors (Lipinski definition) is 0. The largest absolute Gasteiger partial charge is 0.352 e. The molecule has 2 aromatic heterocycles. The third kappa shape index (κ3) is 3.34. The van der Waals surface area contributed by atoms with Crippen LogP contribution in [0.25, 0.3) is 0 Å². The van der Waals surface area contributed by atoms with Crippen LogP contribution in [0.15, 0.2) is 12.1 Å². The summed E-state index contributed by atoms with van der Waals surface area (Å²) in [6.45, 7) is 4.73. The summed E-state index contributed by atoms with van der Waals surface area (Å²) in [6.07, 6.45) is 1.57. The molecule has 0 saturated carbocycles. The molecule has 4 nitrogen and oxygen atoms in total. The van der Waals surface area contributed by atoms with Crippen molar-refractivity contribution in [1.82, 2.24) is 10.2 Å². The van der Waals surface area contributed by atoms with Crippen molar-refractivity contribution in [1.29, 1.82) is 5.26 Å². The molecule has 0 saturated heterocycles. The molecule has 21 heavy (non-hydrogen) atoms. The van der Waals surface area contributed by atoms with Gasteiger partial charge in [0.15, 0.2) is 5.82 Å². The summed E-state index contributed by atoms with van der Waals surface area (Å²) in [4.78, 5) is 3.08. The maximum Gasteiger partial charge on any atom is 0.169 e. The molecule has 2 heterocycles. The molecule has 0 atom stereocenters. The van der Waals surface area contributed by atoms with Crippen LogP contribution in [0, 0.1) is 11.3 Å². The van der Waals surface area contributed by atoms with Crippen molar-refractivity contribution in [2.45, 2.75) is 33.2 Å². The fraction of sp³-hybridized carbons (Fsp3) is 0.400. The van der Waals surface area contributed by atoms with E-state index in [9.17, 15) is 5.26 Å². The van der Waals surface area contributed by atoms with Crippen LogP contribution in [0.4, 0.5) is 5.82 Å². The lowest BCUT2D eigenvalue weighted by molar-refractivity contribution is 0.823. The number of hydrogen-bond acceptors (Lipinski definition) is 5. The molecule has 0 radical (unpaired) electrons. The zero-order chi connectivity index (χ0) is 15.4. The monoisotopic (exact) mass is 320 g/mol. The Morgan fingerprint density at radius 2 is 2.05 bits per heavy atom. The van der Waals surface area contributed by atoms with Crippen molar-refractivity contribution in [2.24, 2.45) is 0 Å². The van der Waals surface area contributed by atoms with E-state index in [1.807, 2.05) is 37.9 Å². The van der Waals surface area contributed by atoms with Gasteiger partial charge in [0.1, 0.15) is 11.6 Å². The van der Waals surface area contributed by atoms with Crippen molar-refractivity contribution >= 4 is 28.8 Å². The lowest BCUT2D eigenvalue weighted by Gasteiger charge is -2.20. The number of nitriles is 1. The zero-order valence-electron chi connectivity index (χ0n) is 12.4. The number of aromatic nitrogens is 2. The van der Waals surface area contributed by atoms with Crippen molar-refractivity contribution in [2.75, 3.05) is 11.9 Å². The molecule has 0 aliphatic carbocycles. The normalized spacial score (nSPS) is 10.4. The number of rotatable bonds is 5. The summed E-state index contributed by atoms with van der Waals surface area (Å²) in [5.74, 6) is 0.635. The van der Waals surface area contributed by atoms with Crippen LogP contribution in [0.1, 0.15) is 35.5 Å². The highest BCUT2D eigenvalue weighted by atomic mass is 35.5. The van der Waals surface area contributed by atoms with Crippen molar-refractivity contribution < 1.29 is 0 Å². The van der Waals surface area contributed by atoms with E-state index in [-0.39, 0.29) is 0 Å². The number of thiophene rings is 1. The number of halogens is 1. The fourth-order valence-electron chi connectivity index (χ4n) is 2.29. The first-order chi connectivity index (χ1) is 10.1. The summed E-state index contributed by atoms with van der Waals surface area (Å²) in [5, 5.41) is 18.0.